The van der Waals surface area contributed by atoms with Crippen molar-refractivity contribution in [1.29, 1.82) is 0 Å². The van der Waals surface area contributed by atoms with Gasteiger partial charge in [0.25, 0.3) is 0 Å². The van der Waals surface area contributed by atoms with Crippen LogP contribution in [0.15, 0.2) is 11.9 Å². The molecule has 0 aliphatic heterocycles. The van der Waals surface area contributed by atoms with Crippen LogP contribution in [-0.2, 0) is 0 Å². The van der Waals surface area contributed by atoms with Crippen molar-refractivity contribution in [2.24, 2.45) is 0 Å². The largest absolute Gasteiger partial charge is 0.346 e. The molecule has 0 bridgehead atoms. The van der Waals surface area contributed by atoms with E-state index < -0.39 is 0 Å². The van der Waals surface area contributed by atoms with Gasteiger partial charge in [-0.3, -0.25) is 0 Å². The molecule has 1 atom stereocenters. The molecule has 0 saturated heterocycles. The topological polar surface area (TPSA) is 12.0 Å². The van der Waals surface area contributed by atoms with Crippen LogP contribution >= 0.6 is 9.24 Å². The van der Waals surface area contributed by atoms with Crippen molar-refractivity contribution in [1.82, 2.24) is 5.32 Å². The Hall–Kier alpha value is -0.470. The second-order valence-electron chi connectivity index (χ2n) is 1.83. The van der Waals surface area contributed by atoms with Crippen molar-refractivity contribution < 1.29 is 0 Å². The van der Waals surface area contributed by atoms with Gasteiger partial charge in [0, 0.05) is 12.6 Å². The molecule has 1 nitrogen and oxygen atoms in total. The Bertz CT molecular complexity index is 123. The Morgan fingerprint density at radius 2 is 2.44 bits per heavy atom. The maximum absolute atomic E-state index is 4.96. The van der Waals surface area contributed by atoms with Gasteiger partial charge >= 0.3 is 0 Å². The van der Waals surface area contributed by atoms with Gasteiger partial charge in [-0.2, -0.15) is 0 Å². The predicted molar refractivity (Wildman–Crippen MR) is 44.9 cm³/mol. The Morgan fingerprint density at radius 1 is 1.78 bits per heavy atom. The highest BCUT2D eigenvalue weighted by Crippen LogP contribution is 2.08. The molecule has 0 rings (SSSR count). The lowest BCUT2D eigenvalue weighted by molar-refractivity contribution is 0.777. The fourth-order valence-corrected chi connectivity index (χ4v) is 0.680. The molecule has 2 heteroatoms. The quantitative estimate of drug-likeness (QED) is 0.269. The van der Waals surface area contributed by atoms with Crippen LogP contribution in [0.25, 0.3) is 0 Å². The summed E-state index contributed by atoms with van der Waals surface area (Å²) in [6, 6.07) is 2.35. The maximum atomic E-state index is 4.96. The number of nitrogens with one attached hydrogen (secondary N) is 1. The highest BCUT2D eigenvalue weighted by atomic mass is 31.0. The summed E-state index contributed by atoms with van der Waals surface area (Å²) in [5, 5.41) is 3.91. The van der Waals surface area contributed by atoms with Crippen molar-refractivity contribution in [3.8, 4) is 12.5 Å². The van der Waals surface area contributed by atoms with Crippen LogP contribution in [0.3, 0.4) is 0 Å². The Labute approximate surface area is 59.1 Å². The van der Waals surface area contributed by atoms with Gasteiger partial charge in [-0.1, -0.05) is 18.3 Å². The third kappa shape index (κ3) is 7.53. The van der Waals surface area contributed by atoms with Crippen LogP contribution in [0.2, 0.25) is 0 Å². The van der Waals surface area contributed by atoms with E-state index in [1.807, 2.05) is 0 Å². The van der Waals surface area contributed by atoms with Gasteiger partial charge < -0.3 is 5.32 Å². The lowest BCUT2D eigenvalue weighted by atomic mass is 10.3. The van der Waals surface area contributed by atoms with E-state index in [0.717, 1.165) is 24.7 Å². The normalized spacial score (nSPS) is 8.00. The highest BCUT2D eigenvalue weighted by molar-refractivity contribution is 7.22. The van der Waals surface area contributed by atoms with Gasteiger partial charge in [-0.05, 0) is 12.8 Å². The summed E-state index contributed by atoms with van der Waals surface area (Å²) in [7, 11) is 2.57. The summed E-state index contributed by atoms with van der Waals surface area (Å²) in [6.07, 6.45) is 7.05. The molecular formula is C7H12NP. The molecule has 0 spiro atoms. The van der Waals surface area contributed by atoms with E-state index >= 15 is 0 Å². The summed E-state index contributed by atoms with van der Waals surface area (Å²) >= 11 is 0. The predicted octanol–water partition coefficient (Wildman–Crippen LogP) is 1.34. The zero-order valence-corrected chi connectivity index (χ0v) is 6.64. The van der Waals surface area contributed by atoms with E-state index in [2.05, 4.69) is 27.2 Å². The van der Waals surface area contributed by atoms with Crippen LogP contribution < -0.4 is 5.32 Å². The number of allylic oxidation sites excluding steroid dienone is 1. The van der Waals surface area contributed by atoms with Gasteiger partial charge in [0.2, 0.25) is 0 Å². The number of hydrogen-bond donors (Lipinski definition) is 1. The zero-order chi connectivity index (χ0) is 7.11. The molecule has 0 radical (unpaired) electrons. The van der Waals surface area contributed by atoms with E-state index in [9.17, 15) is 0 Å². The molecule has 0 aromatic carbocycles. The number of terminal acetylenes is 1. The summed E-state index contributed by atoms with van der Waals surface area (Å²) in [4.78, 5) is 0. The minimum Gasteiger partial charge on any atom is -0.346 e. The molecule has 1 N–H and O–H groups in total. The first-order valence-corrected chi connectivity index (χ1v) is 3.47. The molecule has 0 saturated carbocycles. The third-order valence-electron chi connectivity index (χ3n) is 0.902. The molecule has 50 valence electrons. The lowest BCUT2D eigenvalue weighted by Crippen LogP contribution is -2.06. The summed E-state index contributed by atoms with van der Waals surface area (Å²) < 4.78 is 0. The molecule has 0 aromatic rings. The molecule has 0 heterocycles. The van der Waals surface area contributed by atoms with E-state index in [1.54, 1.807) is 0 Å². The molecular weight excluding hydrogens is 129 g/mol. The Kier molecular flexibility index (Phi) is 5.37. The van der Waals surface area contributed by atoms with Crippen molar-refractivity contribution >= 4 is 9.24 Å². The van der Waals surface area contributed by atoms with Gasteiger partial charge in [0.05, 0.1) is 0 Å². The second-order valence-corrected chi connectivity index (χ2v) is 2.65. The van der Waals surface area contributed by atoms with Gasteiger partial charge in [-0.15, -0.1) is 9.24 Å². The number of rotatable bonds is 4. The van der Waals surface area contributed by atoms with Gasteiger partial charge in [0.15, 0.2) is 0 Å². The molecule has 0 aromatic heterocycles. The van der Waals surface area contributed by atoms with Crippen LogP contribution in [0, 0.1) is 12.5 Å². The van der Waals surface area contributed by atoms with Crippen LogP contribution in [0.1, 0.15) is 12.8 Å². The Morgan fingerprint density at radius 3 is 2.89 bits per heavy atom. The summed E-state index contributed by atoms with van der Waals surface area (Å²) in [5.74, 6) is 0. The van der Waals surface area contributed by atoms with Crippen LogP contribution in [0.5, 0.6) is 0 Å². The standard InChI is InChI=1S/C7H12NP/c1-3-8-6-4-5-7(2)9/h1,8H,2,4-6,9H2. The average molecular weight is 141 g/mol. The zero-order valence-electron chi connectivity index (χ0n) is 5.48. The highest BCUT2D eigenvalue weighted by Gasteiger charge is 1.84. The van der Waals surface area contributed by atoms with Crippen molar-refractivity contribution in [3.05, 3.63) is 11.9 Å². The first-order chi connectivity index (χ1) is 4.27. The van der Waals surface area contributed by atoms with E-state index in [4.69, 9.17) is 6.42 Å². The van der Waals surface area contributed by atoms with Crippen LogP contribution in [0.4, 0.5) is 0 Å². The minimum atomic E-state index is 0.879. The molecule has 9 heavy (non-hydrogen) atoms. The minimum absolute atomic E-state index is 0.879. The fraction of sp³-hybridized carbons (Fsp3) is 0.429. The first-order valence-electron chi connectivity index (χ1n) is 2.89. The van der Waals surface area contributed by atoms with Gasteiger partial charge in [0.1, 0.15) is 0 Å². The summed E-state index contributed by atoms with van der Waals surface area (Å²) in [5.41, 5.74) is 0. The van der Waals surface area contributed by atoms with Crippen molar-refractivity contribution in [2.75, 3.05) is 6.54 Å². The van der Waals surface area contributed by atoms with Crippen molar-refractivity contribution in [3.63, 3.8) is 0 Å². The lowest BCUT2D eigenvalue weighted by Gasteiger charge is -1.96. The number of hydrogen-bond acceptors (Lipinski definition) is 1. The van der Waals surface area contributed by atoms with E-state index in [-0.39, 0.29) is 0 Å². The molecule has 0 aliphatic rings. The first kappa shape index (κ1) is 8.53. The van der Waals surface area contributed by atoms with E-state index in [0.29, 0.717) is 0 Å². The smallest absolute Gasteiger partial charge is 0.0232 e. The fourth-order valence-electron chi connectivity index (χ4n) is 0.476. The molecule has 0 amide bonds. The summed E-state index contributed by atoms with van der Waals surface area (Å²) in [6.45, 7) is 4.62. The SMILES string of the molecule is C#CNCCCC(=C)P. The molecule has 0 aliphatic carbocycles. The molecule has 1 unspecified atom stereocenters. The Balaban J connectivity index is 2.94. The average Bonchev–Trinajstić information content (AvgIpc) is 1.80. The van der Waals surface area contributed by atoms with Gasteiger partial charge in [-0.25, -0.2) is 0 Å². The van der Waals surface area contributed by atoms with Crippen molar-refractivity contribution in [2.45, 2.75) is 12.8 Å². The van der Waals surface area contributed by atoms with Crippen LogP contribution in [-0.4, -0.2) is 6.54 Å². The third-order valence-corrected chi connectivity index (χ3v) is 1.19. The molecule has 0 fully saturated rings. The maximum Gasteiger partial charge on any atom is 0.0232 e. The monoisotopic (exact) mass is 141 g/mol. The second kappa shape index (κ2) is 5.66. The van der Waals surface area contributed by atoms with E-state index in [1.165, 1.54) is 0 Å².